The van der Waals surface area contributed by atoms with E-state index in [0.717, 1.165) is 24.2 Å². The summed E-state index contributed by atoms with van der Waals surface area (Å²) in [7, 11) is 0. The number of thiol groups is 1. The van der Waals surface area contributed by atoms with Crippen LogP contribution in [0.1, 0.15) is 58.2 Å². The first kappa shape index (κ1) is 15.4. The van der Waals surface area contributed by atoms with E-state index in [1.54, 1.807) is 0 Å². The summed E-state index contributed by atoms with van der Waals surface area (Å²) >= 11 is 4.23. The number of rotatable bonds is 5. The lowest BCUT2D eigenvalue weighted by Crippen LogP contribution is -2.31. The average Bonchev–Trinajstić information content (AvgIpc) is 2.29. The Balaban J connectivity index is 3.19. The Labute approximate surface area is 116 Å². The van der Waals surface area contributed by atoms with Gasteiger partial charge in [0.1, 0.15) is 0 Å². The van der Waals surface area contributed by atoms with E-state index in [1.165, 1.54) is 12.8 Å². The number of unbranched alkanes of at least 4 members (excludes halogenated alkanes) is 2. The third-order valence-corrected chi connectivity index (χ3v) is 3.52. The Morgan fingerprint density at radius 3 is 2.39 bits per heavy atom. The van der Waals surface area contributed by atoms with E-state index in [-0.39, 0.29) is 11.0 Å². The highest BCUT2D eigenvalue weighted by Crippen LogP contribution is 2.21. The molecule has 0 spiro atoms. The molecular formula is C15H25NOS. The normalized spacial score (nSPS) is 11.8. The Morgan fingerprint density at radius 1 is 1.22 bits per heavy atom. The molecule has 0 aliphatic carbocycles. The largest absolute Gasteiger partial charge is 0.312 e. The van der Waals surface area contributed by atoms with E-state index in [2.05, 4.69) is 46.4 Å². The van der Waals surface area contributed by atoms with Crippen LogP contribution in [-0.2, 0) is 17.7 Å². The van der Waals surface area contributed by atoms with Gasteiger partial charge in [-0.1, -0.05) is 46.6 Å². The molecule has 0 amide bonds. The zero-order chi connectivity index (χ0) is 13.8. The van der Waals surface area contributed by atoms with E-state index >= 15 is 0 Å². The summed E-state index contributed by atoms with van der Waals surface area (Å²) in [6.07, 6.45) is 3.41. The van der Waals surface area contributed by atoms with E-state index in [1.807, 2.05) is 10.6 Å². The van der Waals surface area contributed by atoms with Crippen molar-refractivity contribution in [1.29, 1.82) is 0 Å². The molecule has 0 aromatic carbocycles. The molecule has 0 aliphatic rings. The van der Waals surface area contributed by atoms with Crippen molar-refractivity contribution in [2.45, 2.75) is 64.7 Å². The summed E-state index contributed by atoms with van der Waals surface area (Å²) in [6, 6.07) is 4.01. The van der Waals surface area contributed by atoms with Crippen molar-refractivity contribution in [3.05, 3.63) is 33.7 Å². The van der Waals surface area contributed by atoms with Crippen LogP contribution < -0.4 is 5.56 Å². The van der Waals surface area contributed by atoms with Crippen molar-refractivity contribution in [2.75, 3.05) is 0 Å². The summed E-state index contributed by atoms with van der Waals surface area (Å²) in [5.41, 5.74) is 2.05. The molecule has 0 atom stereocenters. The molecule has 1 heterocycles. The van der Waals surface area contributed by atoms with Gasteiger partial charge in [0.2, 0.25) is 0 Å². The van der Waals surface area contributed by atoms with Crippen LogP contribution in [0, 0.1) is 0 Å². The number of pyridine rings is 1. The van der Waals surface area contributed by atoms with E-state index < -0.39 is 0 Å². The summed E-state index contributed by atoms with van der Waals surface area (Å²) in [6.45, 7) is 9.45. The van der Waals surface area contributed by atoms with Gasteiger partial charge in [0.05, 0.1) is 0 Å². The van der Waals surface area contributed by atoms with E-state index in [4.69, 9.17) is 0 Å². The van der Waals surface area contributed by atoms with Gasteiger partial charge in [-0.15, -0.1) is 0 Å². The minimum Gasteiger partial charge on any atom is -0.312 e. The minimum atomic E-state index is 0.000499. The van der Waals surface area contributed by atoms with Crippen LogP contribution in [0.4, 0.5) is 0 Å². The molecule has 1 rings (SSSR count). The Morgan fingerprint density at radius 2 is 1.89 bits per heavy atom. The van der Waals surface area contributed by atoms with Gasteiger partial charge in [-0.25, -0.2) is 0 Å². The minimum absolute atomic E-state index is 0.000499. The maximum Gasteiger partial charge on any atom is 0.254 e. The molecule has 0 bridgehead atoms. The number of nitrogens with zero attached hydrogens (tertiary/aromatic N) is 1. The van der Waals surface area contributed by atoms with Crippen molar-refractivity contribution in [3.63, 3.8) is 0 Å². The molecule has 1 aromatic heterocycles. The molecule has 102 valence electrons. The van der Waals surface area contributed by atoms with Crippen molar-refractivity contribution >= 4 is 12.6 Å². The van der Waals surface area contributed by atoms with Crippen LogP contribution in [0.5, 0.6) is 0 Å². The Hall–Kier alpha value is -0.700. The third kappa shape index (κ3) is 3.64. The molecule has 2 nitrogen and oxygen atoms in total. The van der Waals surface area contributed by atoms with Gasteiger partial charge in [0, 0.05) is 29.0 Å². The summed E-state index contributed by atoms with van der Waals surface area (Å²) in [5, 5.41) is 0. The van der Waals surface area contributed by atoms with Crippen LogP contribution >= 0.6 is 12.6 Å². The van der Waals surface area contributed by atoms with Crippen molar-refractivity contribution in [1.82, 2.24) is 4.57 Å². The quantitative estimate of drug-likeness (QED) is 0.636. The maximum atomic E-state index is 12.4. The van der Waals surface area contributed by atoms with E-state index in [0.29, 0.717) is 5.75 Å². The predicted octanol–water partition coefficient (Wildman–Crippen LogP) is 3.77. The lowest BCUT2D eigenvalue weighted by molar-refractivity contribution is 0.483. The summed E-state index contributed by atoms with van der Waals surface area (Å²) in [5.74, 6) is 0.511. The molecule has 0 radical (unpaired) electrons. The van der Waals surface area contributed by atoms with Crippen LogP contribution in [0.15, 0.2) is 16.9 Å². The first-order valence-corrected chi connectivity index (χ1v) is 7.39. The van der Waals surface area contributed by atoms with Gasteiger partial charge in [-0.2, -0.15) is 12.6 Å². The van der Waals surface area contributed by atoms with Crippen molar-refractivity contribution in [2.24, 2.45) is 0 Å². The second-order valence-electron chi connectivity index (χ2n) is 5.82. The molecule has 0 aliphatic heterocycles. The molecular weight excluding hydrogens is 242 g/mol. The zero-order valence-corrected chi connectivity index (χ0v) is 12.9. The SMILES string of the molecule is CCCCCn1c(C(C)(C)C)ccc(CS)c1=O. The molecule has 18 heavy (non-hydrogen) atoms. The highest BCUT2D eigenvalue weighted by atomic mass is 32.1. The number of hydrogen-bond donors (Lipinski definition) is 1. The predicted molar refractivity (Wildman–Crippen MR) is 81.6 cm³/mol. The molecule has 0 N–H and O–H groups in total. The molecule has 0 fully saturated rings. The second kappa shape index (κ2) is 6.46. The first-order chi connectivity index (χ1) is 8.41. The first-order valence-electron chi connectivity index (χ1n) is 6.76. The van der Waals surface area contributed by atoms with Gasteiger partial charge in [-0.3, -0.25) is 4.79 Å². The Kier molecular flexibility index (Phi) is 5.51. The molecule has 1 aromatic rings. The molecule has 0 unspecified atom stereocenters. The summed E-state index contributed by atoms with van der Waals surface area (Å²) < 4.78 is 1.95. The number of hydrogen-bond acceptors (Lipinski definition) is 2. The second-order valence-corrected chi connectivity index (χ2v) is 6.13. The van der Waals surface area contributed by atoms with Crippen LogP contribution in [0.25, 0.3) is 0 Å². The smallest absolute Gasteiger partial charge is 0.254 e. The lowest BCUT2D eigenvalue weighted by atomic mass is 9.90. The third-order valence-electron chi connectivity index (χ3n) is 3.18. The zero-order valence-electron chi connectivity index (χ0n) is 12.0. The monoisotopic (exact) mass is 267 g/mol. The van der Waals surface area contributed by atoms with Gasteiger partial charge >= 0.3 is 0 Å². The fourth-order valence-corrected chi connectivity index (χ4v) is 2.38. The highest BCUT2D eigenvalue weighted by molar-refractivity contribution is 7.79. The fraction of sp³-hybridized carbons (Fsp3) is 0.667. The van der Waals surface area contributed by atoms with Crippen LogP contribution in [0.3, 0.4) is 0 Å². The summed E-state index contributed by atoms with van der Waals surface area (Å²) in [4.78, 5) is 12.4. The van der Waals surface area contributed by atoms with Crippen LogP contribution in [0.2, 0.25) is 0 Å². The van der Waals surface area contributed by atoms with Gasteiger partial charge < -0.3 is 4.57 Å². The van der Waals surface area contributed by atoms with Crippen molar-refractivity contribution in [3.8, 4) is 0 Å². The molecule has 3 heteroatoms. The van der Waals surface area contributed by atoms with Gasteiger partial charge in [0.25, 0.3) is 5.56 Å². The van der Waals surface area contributed by atoms with Gasteiger partial charge in [-0.05, 0) is 12.5 Å². The molecule has 0 saturated heterocycles. The van der Waals surface area contributed by atoms with Crippen molar-refractivity contribution < 1.29 is 0 Å². The standard InChI is InChI=1S/C15H25NOS/c1-5-6-7-10-16-13(15(2,3)4)9-8-12(11-18)14(16)17/h8-9,18H,5-7,10-11H2,1-4H3. The van der Waals surface area contributed by atoms with E-state index in [9.17, 15) is 4.79 Å². The maximum absolute atomic E-state index is 12.4. The molecule has 0 saturated carbocycles. The lowest BCUT2D eigenvalue weighted by Gasteiger charge is -2.24. The average molecular weight is 267 g/mol. The number of aromatic nitrogens is 1. The van der Waals surface area contributed by atoms with Crippen LogP contribution in [-0.4, -0.2) is 4.57 Å². The fourth-order valence-electron chi connectivity index (χ4n) is 2.14. The topological polar surface area (TPSA) is 22.0 Å². The highest BCUT2D eigenvalue weighted by Gasteiger charge is 2.19. The van der Waals surface area contributed by atoms with Gasteiger partial charge in [0.15, 0.2) is 0 Å². The Bertz CT molecular complexity index is 443.